The number of benzene rings is 1. The van der Waals surface area contributed by atoms with Gasteiger partial charge in [0.15, 0.2) is 5.96 Å². The molecule has 1 N–H and O–H groups in total. The predicted molar refractivity (Wildman–Crippen MR) is 96.1 cm³/mol. The molecule has 1 saturated heterocycles. The number of aliphatic imine (C=N–C) groups is 1. The molecular weight excluding hydrogens is 345 g/mol. The molecule has 0 saturated carbocycles. The Hall–Kier alpha value is -1.80. The van der Waals surface area contributed by atoms with E-state index in [2.05, 4.69) is 49.1 Å². The molecule has 26 heavy (non-hydrogen) atoms. The minimum absolute atomic E-state index is 0.0777. The number of hydrogen-bond acceptors (Lipinski definition) is 3. The van der Waals surface area contributed by atoms with Gasteiger partial charge in [0.25, 0.3) is 0 Å². The number of piperazine rings is 1. The van der Waals surface area contributed by atoms with E-state index in [0.29, 0.717) is 13.0 Å². The van der Waals surface area contributed by atoms with Crippen molar-refractivity contribution in [3.63, 3.8) is 0 Å². The third-order valence-electron chi connectivity index (χ3n) is 4.15. The highest BCUT2D eigenvalue weighted by Gasteiger charge is 2.27. The first-order chi connectivity index (χ1) is 12.5. The number of alkyl halides is 3. The normalized spacial score (nSPS) is 16.8. The molecule has 146 valence electrons. The molecule has 8 heteroatoms. The standard InChI is InChI=1S/C18H27F3N4O/c1-22-17(23-8-5-13-26-15-18(19,20)21)25-11-9-24(10-12-25)14-16-6-3-2-4-7-16/h2-4,6-7H,5,8-15H2,1H3,(H,22,23). The lowest BCUT2D eigenvalue weighted by atomic mass is 10.2. The van der Waals surface area contributed by atoms with Gasteiger partial charge in [-0.15, -0.1) is 0 Å². The summed E-state index contributed by atoms with van der Waals surface area (Å²) in [6.07, 6.45) is -3.76. The van der Waals surface area contributed by atoms with Gasteiger partial charge in [-0.2, -0.15) is 13.2 Å². The summed E-state index contributed by atoms with van der Waals surface area (Å²) in [6, 6.07) is 10.4. The molecule has 1 fully saturated rings. The van der Waals surface area contributed by atoms with Crippen LogP contribution in [0.5, 0.6) is 0 Å². The SMILES string of the molecule is CN=C(NCCCOCC(F)(F)F)N1CCN(Cc2ccccc2)CC1. The Labute approximate surface area is 152 Å². The van der Waals surface area contributed by atoms with E-state index in [1.807, 2.05) is 6.07 Å². The summed E-state index contributed by atoms with van der Waals surface area (Å²) < 4.78 is 40.6. The summed E-state index contributed by atoms with van der Waals surface area (Å²) in [6.45, 7) is 4.01. The number of nitrogens with zero attached hydrogens (tertiary/aromatic N) is 3. The van der Waals surface area contributed by atoms with Gasteiger partial charge in [-0.1, -0.05) is 30.3 Å². The number of nitrogens with one attached hydrogen (secondary N) is 1. The van der Waals surface area contributed by atoms with Crippen molar-refractivity contribution in [1.29, 1.82) is 0 Å². The number of ether oxygens (including phenoxy) is 1. The van der Waals surface area contributed by atoms with E-state index >= 15 is 0 Å². The van der Waals surface area contributed by atoms with Crippen LogP contribution < -0.4 is 5.32 Å². The molecule has 0 spiro atoms. The molecule has 0 amide bonds. The van der Waals surface area contributed by atoms with Crippen LogP contribution in [0, 0.1) is 0 Å². The van der Waals surface area contributed by atoms with E-state index in [9.17, 15) is 13.2 Å². The molecule has 1 heterocycles. The summed E-state index contributed by atoms with van der Waals surface area (Å²) in [5.41, 5.74) is 1.31. The van der Waals surface area contributed by atoms with Gasteiger partial charge in [-0.05, 0) is 12.0 Å². The Bertz CT molecular complexity index is 543. The quantitative estimate of drug-likeness (QED) is 0.453. The van der Waals surface area contributed by atoms with Crippen LogP contribution in [0.1, 0.15) is 12.0 Å². The Morgan fingerprint density at radius 2 is 1.85 bits per heavy atom. The molecule has 5 nitrogen and oxygen atoms in total. The second kappa shape index (κ2) is 10.4. The highest BCUT2D eigenvalue weighted by Crippen LogP contribution is 2.14. The van der Waals surface area contributed by atoms with Gasteiger partial charge in [0.2, 0.25) is 0 Å². The van der Waals surface area contributed by atoms with Gasteiger partial charge in [0.05, 0.1) is 0 Å². The van der Waals surface area contributed by atoms with Crippen molar-refractivity contribution in [3.05, 3.63) is 35.9 Å². The lowest BCUT2D eigenvalue weighted by molar-refractivity contribution is -0.173. The molecular formula is C18H27F3N4O. The van der Waals surface area contributed by atoms with E-state index in [1.54, 1.807) is 7.05 Å². The van der Waals surface area contributed by atoms with Crippen molar-refractivity contribution < 1.29 is 17.9 Å². The number of hydrogen-bond donors (Lipinski definition) is 1. The van der Waals surface area contributed by atoms with Crippen molar-refractivity contribution in [2.24, 2.45) is 4.99 Å². The maximum Gasteiger partial charge on any atom is 0.411 e. The summed E-state index contributed by atoms with van der Waals surface area (Å²) in [5.74, 6) is 0.792. The number of guanidine groups is 1. The molecule has 0 atom stereocenters. The molecule has 0 aliphatic carbocycles. The predicted octanol–water partition coefficient (Wildman–Crippen LogP) is 2.35. The van der Waals surface area contributed by atoms with Crippen LogP contribution in [-0.2, 0) is 11.3 Å². The average Bonchev–Trinajstić information content (AvgIpc) is 2.62. The minimum Gasteiger partial charge on any atom is -0.372 e. The Kier molecular flexibility index (Phi) is 8.18. The summed E-state index contributed by atoms with van der Waals surface area (Å²) >= 11 is 0. The van der Waals surface area contributed by atoms with E-state index in [-0.39, 0.29) is 6.61 Å². The maximum absolute atomic E-state index is 12.0. The zero-order chi connectivity index (χ0) is 18.8. The van der Waals surface area contributed by atoms with Gasteiger partial charge in [-0.3, -0.25) is 9.89 Å². The summed E-state index contributed by atoms with van der Waals surface area (Å²) in [4.78, 5) is 8.86. The highest BCUT2D eigenvalue weighted by molar-refractivity contribution is 5.79. The molecule has 0 unspecified atom stereocenters. The number of rotatable bonds is 7. The largest absolute Gasteiger partial charge is 0.411 e. The van der Waals surface area contributed by atoms with Gasteiger partial charge in [0, 0.05) is 52.9 Å². The van der Waals surface area contributed by atoms with Crippen LogP contribution in [0.2, 0.25) is 0 Å². The second-order valence-corrected chi connectivity index (χ2v) is 6.24. The second-order valence-electron chi connectivity index (χ2n) is 6.24. The Morgan fingerprint density at radius 1 is 1.15 bits per heavy atom. The van der Waals surface area contributed by atoms with Gasteiger partial charge in [0.1, 0.15) is 6.61 Å². The topological polar surface area (TPSA) is 40.1 Å². The Balaban J connectivity index is 1.63. The molecule has 1 aromatic carbocycles. The van der Waals surface area contributed by atoms with E-state index in [1.165, 1.54) is 5.56 Å². The average molecular weight is 372 g/mol. The van der Waals surface area contributed by atoms with Crippen LogP contribution in [0.3, 0.4) is 0 Å². The van der Waals surface area contributed by atoms with Crippen LogP contribution in [0.4, 0.5) is 13.2 Å². The van der Waals surface area contributed by atoms with Crippen molar-refractivity contribution in [2.45, 2.75) is 19.1 Å². The lowest BCUT2D eigenvalue weighted by Crippen LogP contribution is -2.52. The van der Waals surface area contributed by atoms with Crippen LogP contribution in [0.15, 0.2) is 35.3 Å². The molecule has 1 aliphatic rings. The summed E-state index contributed by atoms with van der Waals surface area (Å²) in [5, 5.41) is 3.20. The smallest absolute Gasteiger partial charge is 0.372 e. The third-order valence-corrected chi connectivity index (χ3v) is 4.15. The molecule has 0 bridgehead atoms. The van der Waals surface area contributed by atoms with Gasteiger partial charge < -0.3 is 15.0 Å². The Morgan fingerprint density at radius 3 is 2.46 bits per heavy atom. The lowest BCUT2D eigenvalue weighted by Gasteiger charge is -2.36. The van der Waals surface area contributed by atoms with Crippen molar-refractivity contribution in [3.8, 4) is 0 Å². The molecule has 2 rings (SSSR count). The third kappa shape index (κ3) is 7.61. The fraction of sp³-hybridized carbons (Fsp3) is 0.611. The first-order valence-corrected chi connectivity index (χ1v) is 8.84. The first-order valence-electron chi connectivity index (χ1n) is 8.84. The van der Waals surface area contributed by atoms with Crippen molar-refractivity contribution >= 4 is 5.96 Å². The van der Waals surface area contributed by atoms with Crippen molar-refractivity contribution in [2.75, 3.05) is 53.0 Å². The van der Waals surface area contributed by atoms with Gasteiger partial charge >= 0.3 is 6.18 Å². The highest BCUT2D eigenvalue weighted by atomic mass is 19.4. The fourth-order valence-corrected chi connectivity index (χ4v) is 2.85. The fourth-order valence-electron chi connectivity index (χ4n) is 2.85. The van der Waals surface area contributed by atoms with E-state index < -0.39 is 12.8 Å². The zero-order valence-electron chi connectivity index (χ0n) is 15.1. The van der Waals surface area contributed by atoms with E-state index in [0.717, 1.165) is 38.7 Å². The van der Waals surface area contributed by atoms with E-state index in [4.69, 9.17) is 0 Å². The molecule has 0 aromatic heterocycles. The first kappa shape index (κ1) is 20.5. The summed E-state index contributed by atoms with van der Waals surface area (Å²) in [7, 11) is 1.72. The van der Waals surface area contributed by atoms with Crippen LogP contribution in [-0.4, -0.2) is 74.9 Å². The van der Waals surface area contributed by atoms with Crippen LogP contribution in [0.25, 0.3) is 0 Å². The van der Waals surface area contributed by atoms with Crippen LogP contribution >= 0.6 is 0 Å². The minimum atomic E-state index is -4.26. The van der Waals surface area contributed by atoms with Gasteiger partial charge in [-0.25, -0.2) is 0 Å². The monoisotopic (exact) mass is 372 g/mol. The molecule has 0 radical (unpaired) electrons. The maximum atomic E-state index is 12.0. The number of halogens is 3. The van der Waals surface area contributed by atoms with Crippen molar-refractivity contribution in [1.82, 2.24) is 15.1 Å². The molecule has 1 aromatic rings. The molecule has 1 aliphatic heterocycles. The zero-order valence-corrected chi connectivity index (χ0v) is 15.1.